The lowest BCUT2D eigenvalue weighted by Crippen LogP contribution is -2.43. The molecule has 3 N–H and O–H groups in total. The third kappa shape index (κ3) is 8.27. The van der Waals surface area contributed by atoms with Gasteiger partial charge in [-0.25, -0.2) is 4.98 Å². The Labute approximate surface area is 275 Å². The zero-order valence-corrected chi connectivity index (χ0v) is 28.1. The van der Waals surface area contributed by atoms with E-state index in [-0.39, 0.29) is 35.9 Å². The number of ether oxygens (including phenoxy) is 4. The van der Waals surface area contributed by atoms with Crippen molar-refractivity contribution in [2.24, 2.45) is 11.8 Å². The SMILES string of the molecule is COc1ccc(NCNc2cc(C)nc(Nc3ccc(OC)c(OC4CC(C(=O)N(C)C)C4)c3)n2)cc1OC1CC(C(=O)N(C)C)C1. The van der Waals surface area contributed by atoms with E-state index in [1.165, 1.54) is 0 Å². The highest BCUT2D eigenvalue weighted by atomic mass is 16.5. The van der Waals surface area contributed by atoms with E-state index in [0.29, 0.717) is 67.1 Å². The zero-order valence-electron chi connectivity index (χ0n) is 28.1. The lowest BCUT2D eigenvalue weighted by atomic mass is 9.81. The van der Waals surface area contributed by atoms with Crippen molar-refractivity contribution < 1.29 is 28.5 Å². The predicted molar refractivity (Wildman–Crippen MR) is 180 cm³/mol. The van der Waals surface area contributed by atoms with Crippen molar-refractivity contribution >= 4 is 35.0 Å². The Hall–Kier alpha value is -4.94. The van der Waals surface area contributed by atoms with Gasteiger partial charge in [0.15, 0.2) is 23.0 Å². The van der Waals surface area contributed by atoms with Gasteiger partial charge >= 0.3 is 0 Å². The number of aromatic nitrogens is 2. The molecule has 0 spiro atoms. The third-order valence-corrected chi connectivity index (χ3v) is 8.36. The third-order valence-electron chi connectivity index (χ3n) is 8.36. The van der Waals surface area contributed by atoms with Crippen LogP contribution in [0, 0.1) is 18.8 Å². The number of nitrogens with one attached hydrogen (secondary N) is 3. The summed E-state index contributed by atoms with van der Waals surface area (Å²) in [5.41, 5.74) is 2.37. The molecule has 1 heterocycles. The first-order valence-corrected chi connectivity index (χ1v) is 15.7. The van der Waals surface area contributed by atoms with Gasteiger partial charge in [-0.05, 0) is 56.9 Å². The van der Waals surface area contributed by atoms with Crippen molar-refractivity contribution in [3.05, 3.63) is 48.2 Å². The smallest absolute Gasteiger partial charge is 0.229 e. The maximum Gasteiger partial charge on any atom is 0.229 e. The Morgan fingerprint density at radius 1 is 0.723 bits per heavy atom. The van der Waals surface area contributed by atoms with Crippen LogP contribution in [0.25, 0.3) is 0 Å². The van der Waals surface area contributed by atoms with Crippen molar-refractivity contribution in [1.82, 2.24) is 19.8 Å². The Morgan fingerprint density at radius 3 is 1.74 bits per heavy atom. The van der Waals surface area contributed by atoms with Gasteiger partial charge in [0.1, 0.15) is 18.0 Å². The number of rotatable bonds is 14. The van der Waals surface area contributed by atoms with Gasteiger partial charge in [0.2, 0.25) is 17.8 Å². The Morgan fingerprint density at radius 2 is 1.23 bits per heavy atom. The van der Waals surface area contributed by atoms with Crippen LogP contribution < -0.4 is 34.9 Å². The number of hydrogen-bond acceptors (Lipinski definition) is 11. The van der Waals surface area contributed by atoms with E-state index in [2.05, 4.69) is 25.9 Å². The topological polar surface area (TPSA) is 139 Å². The Bertz CT molecular complexity index is 1570. The summed E-state index contributed by atoms with van der Waals surface area (Å²) >= 11 is 0. The highest BCUT2D eigenvalue weighted by Gasteiger charge is 2.38. The van der Waals surface area contributed by atoms with Crippen LogP contribution in [0.3, 0.4) is 0 Å². The average Bonchev–Trinajstić information content (AvgIpc) is 2.99. The number of hydrogen-bond donors (Lipinski definition) is 3. The molecule has 1 aromatic heterocycles. The molecule has 2 fully saturated rings. The van der Waals surface area contributed by atoms with Crippen molar-refractivity contribution in [3.8, 4) is 23.0 Å². The van der Waals surface area contributed by atoms with E-state index < -0.39 is 0 Å². The maximum atomic E-state index is 12.2. The number of carbonyl (C=O) groups is 2. The molecule has 0 atom stereocenters. The molecule has 2 amide bonds. The molecule has 5 rings (SSSR count). The lowest BCUT2D eigenvalue weighted by molar-refractivity contribution is -0.139. The van der Waals surface area contributed by atoms with E-state index >= 15 is 0 Å². The molecule has 252 valence electrons. The number of aryl methyl sites for hydroxylation is 1. The van der Waals surface area contributed by atoms with Crippen LogP contribution in [-0.4, -0.2) is 92.9 Å². The Kier molecular flexibility index (Phi) is 10.4. The molecule has 0 bridgehead atoms. The van der Waals surface area contributed by atoms with Gasteiger partial charge in [-0.1, -0.05) is 0 Å². The minimum Gasteiger partial charge on any atom is -0.493 e. The van der Waals surface area contributed by atoms with E-state index in [1.54, 1.807) is 52.2 Å². The van der Waals surface area contributed by atoms with Crippen LogP contribution in [0.4, 0.5) is 23.1 Å². The first-order valence-electron chi connectivity index (χ1n) is 15.7. The van der Waals surface area contributed by atoms with Gasteiger partial charge < -0.3 is 44.7 Å². The van der Waals surface area contributed by atoms with Crippen LogP contribution in [0.5, 0.6) is 23.0 Å². The number of amides is 2. The zero-order chi connectivity index (χ0) is 33.7. The lowest BCUT2D eigenvalue weighted by Gasteiger charge is -2.36. The number of methoxy groups -OCH3 is 2. The molecule has 2 aromatic carbocycles. The van der Waals surface area contributed by atoms with Crippen LogP contribution in [0.15, 0.2) is 42.5 Å². The molecule has 13 heteroatoms. The van der Waals surface area contributed by atoms with Gasteiger partial charge in [-0.3, -0.25) is 9.59 Å². The van der Waals surface area contributed by atoms with E-state index in [4.69, 9.17) is 18.9 Å². The summed E-state index contributed by atoms with van der Waals surface area (Å²) in [5.74, 6) is 3.79. The summed E-state index contributed by atoms with van der Waals surface area (Å²) in [7, 11) is 10.3. The van der Waals surface area contributed by atoms with Crippen LogP contribution in [0.1, 0.15) is 31.4 Å². The van der Waals surface area contributed by atoms with Crippen molar-refractivity contribution in [2.45, 2.75) is 44.8 Å². The van der Waals surface area contributed by atoms with Crippen LogP contribution in [0.2, 0.25) is 0 Å². The van der Waals surface area contributed by atoms with E-state index in [1.807, 2.05) is 49.4 Å². The fourth-order valence-electron chi connectivity index (χ4n) is 5.62. The van der Waals surface area contributed by atoms with Gasteiger partial charge in [-0.2, -0.15) is 4.98 Å². The van der Waals surface area contributed by atoms with E-state index in [9.17, 15) is 9.59 Å². The molecule has 0 aliphatic heterocycles. The standard InChI is InChI=1S/C34H45N7O6/c1-20-12-31(36-19-35-23-8-10-27(44-6)29(17-23)46-25-13-21(14-25)32(42)40(2)3)39-34(37-20)38-24-9-11-28(45-7)30(18-24)47-26-15-22(16-26)33(43)41(4)5/h8-12,17-18,21-22,25-26,35H,13-16,19H2,1-7H3,(H2,36,37,38,39). The first-order chi connectivity index (χ1) is 22.5. The molecule has 2 saturated carbocycles. The molecular weight excluding hydrogens is 602 g/mol. The Balaban J connectivity index is 1.16. The normalized spacial score (nSPS) is 19.7. The van der Waals surface area contributed by atoms with Crippen molar-refractivity contribution in [1.29, 1.82) is 0 Å². The number of nitrogens with zero attached hydrogens (tertiary/aromatic N) is 4. The van der Waals surface area contributed by atoms with E-state index in [0.717, 1.165) is 17.1 Å². The highest BCUT2D eigenvalue weighted by molar-refractivity contribution is 5.79. The minimum absolute atomic E-state index is 0.00359. The summed E-state index contributed by atoms with van der Waals surface area (Å²) in [6, 6.07) is 13.1. The van der Waals surface area contributed by atoms with Gasteiger partial charge in [0, 0.05) is 75.3 Å². The summed E-state index contributed by atoms with van der Waals surface area (Å²) in [6.45, 7) is 2.30. The van der Waals surface area contributed by atoms with Crippen LogP contribution >= 0.6 is 0 Å². The highest BCUT2D eigenvalue weighted by Crippen LogP contribution is 2.39. The maximum absolute atomic E-state index is 12.2. The van der Waals surface area contributed by atoms with Gasteiger partial charge in [0.25, 0.3) is 0 Å². The summed E-state index contributed by atoms with van der Waals surface area (Å²) < 4.78 is 23.4. The molecule has 0 unspecified atom stereocenters. The molecule has 13 nitrogen and oxygen atoms in total. The fraction of sp³-hybridized carbons (Fsp3) is 0.471. The second-order valence-corrected chi connectivity index (χ2v) is 12.4. The van der Waals surface area contributed by atoms with Gasteiger partial charge in [0.05, 0.1) is 20.9 Å². The second-order valence-electron chi connectivity index (χ2n) is 12.4. The van der Waals surface area contributed by atoms with Crippen LogP contribution in [-0.2, 0) is 9.59 Å². The average molecular weight is 648 g/mol. The second kappa shape index (κ2) is 14.7. The largest absolute Gasteiger partial charge is 0.493 e. The molecule has 3 aromatic rings. The predicted octanol–water partition coefficient (Wildman–Crippen LogP) is 4.52. The molecule has 0 radical (unpaired) electrons. The molecule has 0 saturated heterocycles. The summed E-state index contributed by atoms with van der Waals surface area (Å²) in [4.78, 5) is 36.9. The summed E-state index contributed by atoms with van der Waals surface area (Å²) in [6.07, 6.45) is 2.64. The fourth-order valence-corrected chi connectivity index (χ4v) is 5.62. The quantitative estimate of drug-likeness (QED) is 0.213. The number of benzene rings is 2. The molecular formula is C34H45N7O6. The summed E-state index contributed by atoms with van der Waals surface area (Å²) in [5, 5.41) is 9.92. The van der Waals surface area contributed by atoms with Crippen molar-refractivity contribution in [2.75, 3.05) is 65.0 Å². The number of anilines is 4. The van der Waals surface area contributed by atoms with Crippen molar-refractivity contribution in [3.63, 3.8) is 0 Å². The molecule has 2 aliphatic carbocycles. The monoisotopic (exact) mass is 647 g/mol. The van der Waals surface area contributed by atoms with Gasteiger partial charge in [-0.15, -0.1) is 0 Å². The minimum atomic E-state index is -0.0516. The molecule has 47 heavy (non-hydrogen) atoms. The molecule has 2 aliphatic rings. The first kappa shape index (κ1) is 33.4. The number of carbonyl (C=O) groups excluding carboxylic acids is 2.